The molecule has 0 aliphatic carbocycles. The zero-order chi connectivity index (χ0) is 24.6. The Bertz CT molecular complexity index is 1290. The van der Waals surface area contributed by atoms with Crippen LogP contribution >= 0.6 is 0 Å². The first-order chi connectivity index (χ1) is 17.0. The van der Waals surface area contributed by atoms with Crippen molar-refractivity contribution in [2.45, 2.75) is 53.0 Å². The van der Waals surface area contributed by atoms with E-state index >= 15 is 0 Å². The number of carbonyl (C=O) groups is 1. The lowest BCUT2D eigenvalue weighted by Gasteiger charge is -2.13. The van der Waals surface area contributed by atoms with E-state index in [0.717, 1.165) is 71.5 Å². The van der Waals surface area contributed by atoms with Gasteiger partial charge in [-0.1, -0.05) is 54.4 Å². The number of aromatic nitrogens is 2. The number of imidazole rings is 1. The van der Waals surface area contributed by atoms with Crippen molar-refractivity contribution >= 4 is 16.9 Å². The van der Waals surface area contributed by atoms with Crippen molar-refractivity contribution < 1.29 is 9.53 Å². The van der Waals surface area contributed by atoms with Gasteiger partial charge >= 0.3 is 0 Å². The minimum absolute atomic E-state index is 0.00806. The molecule has 4 rings (SSSR count). The number of unbranched alkanes of at least 4 members (excludes halogenated alkanes) is 2. The molecule has 3 aromatic carbocycles. The number of carbonyl (C=O) groups excluding carboxylic acids is 1. The summed E-state index contributed by atoms with van der Waals surface area (Å²) in [5.41, 5.74) is 6.34. The molecule has 0 saturated heterocycles. The summed E-state index contributed by atoms with van der Waals surface area (Å²) in [7, 11) is 0. The van der Waals surface area contributed by atoms with E-state index in [1.165, 1.54) is 5.56 Å². The van der Waals surface area contributed by atoms with Crippen molar-refractivity contribution in [3.63, 3.8) is 0 Å². The monoisotopic (exact) mass is 469 g/mol. The molecular formula is C30H35N3O2. The van der Waals surface area contributed by atoms with E-state index < -0.39 is 0 Å². The molecule has 1 amide bonds. The smallest absolute Gasteiger partial charge is 0.251 e. The number of nitrogens with one attached hydrogen (secondary N) is 1. The lowest BCUT2D eigenvalue weighted by atomic mass is 10.1. The van der Waals surface area contributed by atoms with Crippen molar-refractivity contribution in [1.82, 2.24) is 14.9 Å². The van der Waals surface area contributed by atoms with E-state index in [1.54, 1.807) is 0 Å². The Labute approximate surface area is 208 Å². The maximum absolute atomic E-state index is 12.4. The van der Waals surface area contributed by atoms with Crippen molar-refractivity contribution in [3.05, 3.63) is 94.8 Å². The molecule has 0 atom stereocenters. The number of amides is 1. The van der Waals surface area contributed by atoms with E-state index in [0.29, 0.717) is 13.2 Å². The van der Waals surface area contributed by atoms with Crippen LogP contribution in [-0.4, -0.2) is 28.6 Å². The number of benzene rings is 3. The van der Waals surface area contributed by atoms with Gasteiger partial charge in [-0.05, 0) is 69.0 Å². The van der Waals surface area contributed by atoms with Gasteiger partial charge in [-0.15, -0.1) is 0 Å². The van der Waals surface area contributed by atoms with Crippen LogP contribution in [-0.2, 0) is 13.0 Å². The summed E-state index contributed by atoms with van der Waals surface area (Å²) in [6, 6.07) is 22.3. The summed E-state index contributed by atoms with van der Waals surface area (Å²) in [6.45, 7) is 8.20. The quantitative estimate of drug-likeness (QED) is 0.267. The van der Waals surface area contributed by atoms with Gasteiger partial charge in [-0.3, -0.25) is 4.79 Å². The van der Waals surface area contributed by atoms with Crippen LogP contribution in [0.15, 0.2) is 66.7 Å². The number of rotatable bonds is 11. The predicted octanol–water partition coefficient (Wildman–Crippen LogP) is 6.18. The molecule has 1 heterocycles. The second-order valence-electron chi connectivity index (χ2n) is 9.17. The Morgan fingerprint density at radius 2 is 1.71 bits per heavy atom. The van der Waals surface area contributed by atoms with Crippen molar-refractivity contribution in [1.29, 1.82) is 0 Å². The third-order valence-corrected chi connectivity index (χ3v) is 6.39. The van der Waals surface area contributed by atoms with Crippen LogP contribution in [0.25, 0.3) is 11.0 Å². The van der Waals surface area contributed by atoms with Gasteiger partial charge < -0.3 is 14.6 Å². The molecule has 0 spiro atoms. The molecule has 0 radical (unpaired) electrons. The topological polar surface area (TPSA) is 56.1 Å². The molecule has 35 heavy (non-hydrogen) atoms. The van der Waals surface area contributed by atoms with Crippen molar-refractivity contribution in [2.75, 3.05) is 13.2 Å². The summed E-state index contributed by atoms with van der Waals surface area (Å²) in [6.07, 6.45) is 3.93. The molecule has 0 bridgehead atoms. The Morgan fingerprint density at radius 3 is 2.54 bits per heavy atom. The predicted molar refractivity (Wildman–Crippen MR) is 142 cm³/mol. The first-order valence-corrected chi connectivity index (χ1v) is 12.5. The fraction of sp³-hybridized carbons (Fsp3) is 0.333. The minimum atomic E-state index is 0.00806. The van der Waals surface area contributed by atoms with Crippen molar-refractivity contribution in [3.8, 4) is 5.75 Å². The summed E-state index contributed by atoms with van der Waals surface area (Å²) in [4.78, 5) is 17.3. The zero-order valence-electron chi connectivity index (χ0n) is 21.0. The molecule has 1 aromatic heterocycles. The molecule has 0 aliphatic heterocycles. The van der Waals surface area contributed by atoms with E-state index in [2.05, 4.69) is 60.1 Å². The molecule has 0 unspecified atom stereocenters. The molecule has 4 aromatic rings. The first kappa shape index (κ1) is 24.5. The average Bonchev–Trinajstić information content (AvgIpc) is 3.20. The Balaban J connectivity index is 1.29. The summed E-state index contributed by atoms with van der Waals surface area (Å²) >= 11 is 0. The molecule has 5 nitrogen and oxygen atoms in total. The van der Waals surface area contributed by atoms with Crippen LogP contribution in [0.5, 0.6) is 5.75 Å². The van der Waals surface area contributed by atoms with Gasteiger partial charge in [0.1, 0.15) is 18.2 Å². The highest BCUT2D eigenvalue weighted by Crippen LogP contribution is 2.21. The molecule has 0 saturated carbocycles. The van der Waals surface area contributed by atoms with E-state index in [-0.39, 0.29) is 5.91 Å². The highest BCUT2D eigenvalue weighted by molar-refractivity contribution is 5.95. The fourth-order valence-electron chi connectivity index (χ4n) is 4.48. The lowest BCUT2D eigenvalue weighted by Crippen LogP contribution is -2.25. The average molecular weight is 470 g/mol. The van der Waals surface area contributed by atoms with Gasteiger partial charge in [0.05, 0.1) is 17.6 Å². The van der Waals surface area contributed by atoms with Crippen LogP contribution in [0.2, 0.25) is 0 Å². The second kappa shape index (κ2) is 11.7. The molecule has 0 fully saturated rings. The van der Waals surface area contributed by atoms with Gasteiger partial charge in [0.2, 0.25) is 0 Å². The second-order valence-corrected chi connectivity index (χ2v) is 9.17. The van der Waals surface area contributed by atoms with Crippen LogP contribution in [0.3, 0.4) is 0 Å². The maximum Gasteiger partial charge on any atom is 0.251 e. The van der Waals surface area contributed by atoms with Crippen LogP contribution in [0.4, 0.5) is 0 Å². The van der Waals surface area contributed by atoms with Crippen LogP contribution in [0, 0.1) is 20.8 Å². The summed E-state index contributed by atoms with van der Waals surface area (Å²) in [5.74, 6) is 2.04. The lowest BCUT2D eigenvalue weighted by molar-refractivity contribution is 0.0952. The Hall–Kier alpha value is -3.60. The SMILES string of the molecule is Cc1ccc(OCCn2c(CCCCCNC(=O)c3ccccc3C)nc3ccccc32)c(C)c1. The molecule has 0 aliphatic rings. The van der Waals surface area contributed by atoms with E-state index in [9.17, 15) is 4.79 Å². The zero-order valence-corrected chi connectivity index (χ0v) is 21.0. The largest absolute Gasteiger partial charge is 0.491 e. The minimum Gasteiger partial charge on any atom is -0.491 e. The third kappa shape index (κ3) is 6.30. The number of hydrogen-bond acceptors (Lipinski definition) is 3. The van der Waals surface area contributed by atoms with E-state index in [1.807, 2.05) is 37.3 Å². The third-order valence-electron chi connectivity index (χ3n) is 6.39. The Morgan fingerprint density at radius 1 is 0.914 bits per heavy atom. The van der Waals surface area contributed by atoms with Crippen LogP contribution in [0.1, 0.15) is 52.1 Å². The summed E-state index contributed by atoms with van der Waals surface area (Å²) < 4.78 is 8.40. The van der Waals surface area contributed by atoms with Gasteiger partial charge in [-0.2, -0.15) is 0 Å². The Kier molecular flexibility index (Phi) is 8.19. The van der Waals surface area contributed by atoms with Gasteiger partial charge in [0.25, 0.3) is 5.91 Å². The number of hydrogen-bond donors (Lipinski definition) is 1. The number of ether oxygens (including phenoxy) is 1. The van der Waals surface area contributed by atoms with Crippen LogP contribution < -0.4 is 10.1 Å². The molecule has 1 N–H and O–H groups in total. The standard InChI is InChI=1S/C30H35N3O2/c1-22-16-17-28(24(3)21-22)35-20-19-33-27-14-9-8-13-26(27)32-29(33)15-5-4-10-18-31-30(34)25-12-7-6-11-23(25)2/h6-9,11-14,16-17,21H,4-5,10,15,18-20H2,1-3H3,(H,31,34). The number of nitrogens with zero attached hydrogens (tertiary/aromatic N) is 2. The highest BCUT2D eigenvalue weighted by atomic mass is 16.5. The summed E-state index contributed by atoms with van der Waals surface area (Å²) in [5, 5.41) is 3.05. The normalized spacial score (nSPS) is 11.1. The number of aryl methyl sites for hydroxylation is 4. The van der Waals surface area contributed by atoms with Gasteiger partial charge in [-0.25, -0.2) is 4.98 Å². The van der Waals surface area contributed by atoms with Gasteiger partial charge in [0, 0.05) is 18.5 Å². The molecular weight excluding hydrogens is 434 g/mol. The number of para-hydroxylation sites is 2. The fourth-order valence-corrected chi connectivity index (χ4v) is 4.48. The number of fused-ring (bicyclic) bond motifs is 1. The van der Waals surface area contributed by atoms with Crippen molar-refractivity contribution in [2.24, 2.45) is 0 Å². The maximum atomic E-state index is 12.4. The van der Waals surface area contributed by atoms with E-state index in [4.69, 9.17) is 9.72 Å². The van der Waals surface area contributed by atoms with Gasteiger partial charge in [0.15, 0.2) is 0 Å². The first-order valence-electron chi connectivity index (χ1n) is 12.5. The highest BCUT2D eigenvalue weighted by Gasteiger charge is 2.11. The molecule has 182 valence electrons. The molecule has 5 heteroatoms.